The second-order valence-corrected chi connectivity index (χ2v) is 5.21. The van der Waals surface area contributed by atoms with E-state index in [0.717, 1.165) is 0 Å². The molecule has 0 fully saturated rings. The van der Waals surface area contributed by atoms with Crippen LogP contribution in [0.5, 0.6) is 0 Å². The number of hydrogen-bond donors (Lipinski definition) is 3. The summed E-state index contributed by atoms with van der Waals surface area (Å²) in [6.07, 6.45) is 1.36. The van der Waals surface area contributed by atoms with E-state index in [9.17, 15) is 4.79 Å². The predicted molar refractivity (Wildman–Crippen MR) is 91.1 cm³/mol. The normalized spacial score (nSPS) is 11.4. The van der Waals surface area contributed by atoms with Gasteiger partial charge in [0.1, 0.15) is 0 Å². The SMILES string of the molecule is Cc1c(/C=N/Nc2nn[nH]n2)c(=O)n2c(nc3ccccc32)c1=C=N. The number of imidazole rings is 1. The molecule has 3 N–H and O–H groups in total. The molecule has 0 atom stereocenters. The second kappa shape index (κ2) is 5.62. The molecule has 0 saturated carbocycles. The van der Waals surface area contributed by atoms with Crippen LogP contribution in [-0.2, 0) is 0 Å². The Bertz CT molecular complexity index is 1250. The first-order valence-corrected chi connectivity index (χ1v) is 7.26. The molecule has 0 saturated heterocycles. The molecule has 0 bridgehead atoms. The van der Waals surface area contributed by atoms with Gasteiger partial charge in [-0.15, -0.1) is 5.10 Å². The molecular formula is C15H11N9O. The Morgan fingerprint density at radius 3 is 3.00 bits per heavy atom. The highest BCUT2D eigenvalue weighted by Gasteiger charge is 2.14. The van der Waals surface area contributed by atoms with Crippen LogP contribution in [0.2, 0.25) is 0 Å². The first-order chi connectivity index (χ1) is 12.2. The summed E-state index contributed by atoms with van der Waals surface area (Å²) >= 11 is 0. The minimum atomic E-state index is -0.279. The topological polar surface area (TPSA) is 137 Å². The smallest absolute Gasteiger partial charge is 0.268 e. The Balaban J connectivity index is 1.98. The van der Waals surface area contributed by atoms with Crippen LogP contribution in [0, 0.1) is 12.3 Å². The standard InChI is InChI=1S/C15H11N9O/c1-8-9(6-16)13-18-11-4-2-3-5-12(11)24(13)14(25)10(8)7-17-19-15-20-22-23-21-15/h2-5,7,16H,1H3,(H2,19,20,21,22,23)/b17-7+. The third-order valence-electron chi connectivity index (χ3n) is 3.83. The van der Waals surface area contributed by atoms with Crippen LogP contribution >= 0.6 is 0 Å². The average molecular weight is 333 g/mol. The average Bonchev–Trinajstić information content (AvgIpc) is 3.25. The van der Waals surface area contributed by atoms with E-state index in [1.807, 2.05) is 18.2 Å². The van der Waals surface area contributed by atoms with Gasteiger partial charge < -0.3 is 0 Å². The number of rotatable bonds is 3. The minimum Gasteiger partial charge on any atom is -0.268 e. The number of nitrogens with zero attached hydrogens (tertiary/aromatic N) is 6. The number of para-hydroxylation sites is 2. The zero-order valence-corrected chi connectivity index (χ0v) is 13.0. The third kappa shape index (κ3) is 2.25. The van der Waals surface area contributed by atoms with Crippen molar-refractivity contribution in [2.24, 2.45) is 5.10 Å². The highest BCUT2D eigenvalue weighted by atomic mass is 16.1. The van der Waals surface area contributed by atoms with Crippen LogP contribution in [0.3, 0.4) is 0 Å². The van der Waals surface area contributed by atoms with Gasteiger partial charge in [-0.25, -0.2) is 10.4 Å². The van der Waals surface area contributed by atoms with Crippen molar-refractivity contribution in [3.63, 3.8) is 0 Å². The van der Waals surface area contributed by atoms with Gasteiger partial charge in [0, 0.05) is 0 Å². The number of hydrazone groups is 1. The number of anilines is 1. The number of hydrogen-bond acceptors (Lipinski definition) is 8. The van der Waals surface area contributed by atoms with Crippen molar-refractivity contribution in [2.45, 2.75) is 6.92 Å². The molecule has 4 aromatic rings. The molecule has 3 aromatic heterocycles. The van der Waals surface area contributed by atoms with E-state index in [1.54, 1.807) is 13.0 Å². The number of aromatic nitrogens is 6. The molecule has 0 unspecified atom stereocenters. The van der Waals surface area contributed by atoms with E-state index >= 15 is 0 Å². The molecule has 1 aromatic carbocycles. The highest BCUT2D eigenvalue weighted by Crippen LogP contribution is 2.13. The van der Waals surface area contributed by atoms with Crippen molar-refractivity contribution in [3.8, 4) is 0 Å². The van der Waals surface area contributed by atoms with Crippen LogP contribution in [0.25, 0.3) is 16.7 Å². The summed E-state index contributed by atoms with van der Waals surface area (Å²) in [4.78, 5) is 17.4. The molecule has 0 spiro atoms. The fourth-order valence-electron chi connectivity index (χ4n) is 2.65. The molecule has 10 nitrogen and oxygen atoms in total. The Morgan fingerprint density at radius 1 is 1.40 bits per heavy atom. The van der Waals surface area contributed by atoms with Crippen LogP contribution in [0.4, 0.5) is 5.95 Å². The Morgan fingerprint density at radius 2 is 2.24 bits per heavy atom. The van der Waals surface area contributed by atoms with Gasteiger partial charge >= 0.3 is 0 Å². The Hall–Kier alpha value is -3.91. The van der Waals surface area contributed by atoms with Crippen molar-refractivity contribution < 1.29 is 0 Å². The van der Waals surface area contributed by atoms with Crippen molar-refractivity contribution in [3.05, 3.63) is 51.0 Å². The van der Waals surface area contributed by atoms with Gasteiger partial charge in [0.2, 0.25) is 0 Å². The number of nitrogens with one attached hydrogen (secondary N) is 3. The van der Waals surface area contributed by atoms with E-state index in [4.69, 9.17) is 5.41 Å². The monoisotopic (exact) mass is 333 g/mol. The van der Waals surface area contributed by atoms with E-state index in [2.05, 4.69) is 42.0 Å². The summed E-state index contributed by atoms with van der Waals surface area (Å²) in [6.45, 7) is 1.73. The lowest BCUT2D eigenvalue weighted by Crippen LogP contribution is -2.28. The second-order valence-electron chi connectivity index (χ2n) is 5.21. The maximum atomic E-state index is 13.0. The summed E-state index contributed by atoms with van der Waals surface area (Å²) in [6, 6.07) is 7.29. The maximum absolute atomic E-state index is 13.0. The van der Waals surface area contributed by atoms with Crippen LogP contribution in [0.15, 0.2) is 34.2 Å². The van der Waals surface area contributed by atoms with Gasteiger partial charge in [-0.2, -0.15) is 10.3 Å². The van der Waals surface area contributed by atoms with Crippen molar-refractivity contribution in [2.75, 3.05) is 5.43 Å². The number of fused-ring (bicyclic) bond motifs is 3. The third-order valence-corrected chi connectivity index (χ3v) is 3.83. The summed E-state index contributed by atoms with van der Waals surface area (Å²) in [5.41, 5.74) is 4.93. The molecular weight excluding hydrogens is 322 g/mol. The largest absolute Gasteiger partial charge is 0.283 e. The first-order valence-electron chi connectivity index (χ1n) is 7.26. The zero-order chi connectivity index (χ0) is 17.4. The van der Waals surface area contributed by atoms with Gasteiger partial charge in [-0.1, -0.05) is 17.2 Å². The van der Waals surface area contributed by atoms with Gasteiger partial charge in [0.25, 0.3) is 11.5 Å². The van der Waals surface area contributed by atoms with Gasteiger partial charge in [-0.3, -0.25) is 14.6 Å². The number of benzene rings is 1. The summed E-state index contributed by atoms with van der Waals surface area (Å²) in [5.74, 6) is 2.55. The first kappa shape index (κ1) is 14.7. The highest BCUT2D eigenvalue weighted by molar-refractivity contribution is 5.87. The van der Waals surface area contributed by atoms with Crippen LogP contribution in [-0.4, -0.2) is 42.1 Å². The Labute approximate surface area is 139 Å². The van der Waals surface area contributed by atoms with Gasteiger partial charge in [0.15, 0.2) is 5.65 Å². The van der Waals surface area contributed by atoms with Gasteiger partial charge in [0.05, 0.1) is 28.0 Å². The lowest BCUT2D eigenvalue weighted by atomic mass is 10.1. The molecule has 0 amide bonds. The van der Waals surface area contributed by atoms with Crippen molar-refractivity contribution in [1.82, 2.24) is 30.0 Å². The molecule has 0 aliphatic carbocycles. The summed E-state index contributed by atoms with van der Waals surface area (Å²) in [5, 5.41) is 25.1. The fraction of sp³-hybridized carbons (Fsp3) is 0.0667. The quantitative estimate of drug-likeness (QED) is 0.349. The molecule has 0 radical (unpaired) electrons. The molecule has 0 aliphatic rings. The molecule has 122 valence electrons. The van der Waals surface area contributed by atoms with Crippen molar-refractivity contribution in [1.29, 1.82) is 5.41 Å². The maximum Gasteiger partial charge on any atom is 0.283 e. The number of H-pyrrole nitrogens is 1. The fourth-order valence-corrected chi connectivity index (χ4v) is 2.65. The summed E-state index contributed by atoms with van der Waals surface area (Å²) < 4.78 is 1.47. The molecule has 4 rings (SSSR count). The summed E-state index contributed by atoms with van der Waals surface area (Å²) in [7, 11) is 0. The van der Waals surface area contributed by atoms with Crippen molar-refractivity contribution >= 4 is 34.7 Å². The number of pyridine rings is 1. The molecule has 10 heteroatoms. The molecule has 3 heterocycles. The van der Waals surface area contributed by atoms with Crippen LogP contribution in [0.1, 0.15) is 11.1 Å². The molecule has 25 heavy (non-hydrogen) atoms. The van der Waals surface area contributed by atoms with E-state index < -0.39 is 0 Å². The van der Waals surface area contributed by atoms with E-state index in [0.29, 0.717) is 33.0 Å². The van der Waals surface area contributed by atoms with E-state index in [1.165, 1.54) is 10.6 Å². The number of tetrazole rings is 1. The Kier molecular flexibility index (Phi) is 3.30. The lowest BCUT2D eigenvalue weighted by molar-refractivity contribution is 0.881. The lowest BCUT2D eigenvalue weighted by Gasteiger charge is -2.02. The predicted octanol–water partition coefficient (Wildman–Crippen LogP) is -0.246. The number of aromatic amines is 1. The minimum absolute atomic E-state index is 0.175. The molecule has 0 aliphatic heterocycles. The van der Waals surface area contributed by atoms with Gasteiger partial charge in [-0.05, 0) is 35.7 Å². The zero-order valence-electron chi connectivity index (χ0n) is 13.0. The van der Waals surface area contributed by atoms with Crippen LogP contribution < -0.4 is 16.2 Å². The van der Waals surface area contributed by atoms with E-state index in [-0.39, 0.29) is 11.5 Å².